The molecule has 1 aliphatic rings. The molecule has 2 nitrogen and oxygen atoms in total. The lowest BCUT2D eigenvalue weighted by molar-refractivity contribution is 0.479. The molecular formula is C11H17Cl3N2. The maximum absolute atomic E-state index is 5.82. The molecule has 1 aromatic carbocycles. The maximum Gasteiger partial charge on any atom is 0.0407 e. The molecule has 0 saturated carbocycles. The van der Waals surface area contributed by atoms with Crippen molar-refractivity contribution in [3.8, 4) is 0 Å². The summed E-state index contributed by atoms with van der Waals surface area (Å²) < 4.78 is 0. The fraction of sp³-hybridized carbons (Fsp3) is 0.455. The standard InChI is InChI=1S/C11H15ClN2.2ClH/c12-9-1-3-10(4-2-9)14-11-5-7-13-8-6-11;;/h1-4,11,13-14H,5-8H2;2*1H. The summed E-state index contributed by atoms with van der Waals surface area (Å²) in [5.74, 6) is 0. The Bertz CT molecular complexity index is 284. The lowest BCUT2D eigenvalue weighted by Gasteiger charge is -2.24. The number of halogens is 3. The molecule has 2 N–H and O–H groups in total. The molecule has 1 saturated heterocycles. The third-order valence-electron chi connectivity index (χ3n) is 2.55. The summed E-state index contributed by atoms with van der Waals surface area (Å²) in [6.45, 7) is 2.23. The molecule has 0 aliphatic carbocycles. The summed E-state index contributed by atoms with van der Waals surface area (Å²) in [7, 11) is 0. The molecule has 92 valence electrons. The molecule has 1 heterocycles. The van der Waals surface area contributed by atoms with Crippen LogP contribution in [0.2, 0.25) is 5.02 Å². The van der Waals surface area contributed by atoms with Crippen LogP contribution in [0.5, 0.6) is 0 Å². The van der Waals surface area contributed by atoms with E-state index in [1.165, 1.54) is 18.5 Å². The predicted molar refractivity (Wildman–Crippen MR) is 75.5 cm³/mol. The summed E-state index contributed by atoms with van der Waals surface area (Å²) >= 11 is 5.82. The van der Waals surface area contributed by atoms with Gasteiger partial charge in [0.15, 0.2) is 0 Å². The first kappa shape index (κ1) is 15.9. The van der Waals surface area contributed by atoms with Crippen molar-refractivity contribution in [1.29, 1.82) is 0 Å². The van der Waals surface area contributed by atoms with Crippen molar-refractivity contribution in [2.24, 2.45) is 0 Å². The average molecular weight is 284 g/mol. The van der Waals surface area contributed by atoms with Crippen molar-refractivity contribution in [3.05, 3.63) is 29.3 Å². The second kappa shape index (κ2) is 8.02. The molecule has 16 heavy (non-hydrogen) atoms. The zero-order valence-electron chi connectivity index (χ0n) is 8.91. The summed E-state index contributed by atoms with van der Waals surface area (Å²) in [4.78, 5) is 0. The van der Waals surface area contributed by atoms with Crippen LogP contribution in [0.3, 0.4) is 0 Å². The molecule has 5 heteroatoms. The Balaban J connectivity index is 0.00000112. The van der Waals surface area contributed by atoms with Crippen LogP contribution in [0.4, 0.5) is 5.69 Å². The first-order chi connectivity index (χ1) is 6.84. The smallest absolute Gasteiger partial charge is 0.0407 e. The fourth-order valence-electron chi connectivity index (χ4n) is 1.75. The second-order valence-electron chi connectivity index (χ2n) is 3.68. The summed E-state index contributed by atoms with van der Waals surface area (Å²) in [5, 5.41) is 7.65. The minimum absolute atomic E-state index is 0. The van der Waals surface area contributed by atoms with Crippen molar-refractivity contribution in [2.75, 3.05) is 18.4 Å². The molecule has 1 fully saturated rings. The number of hydrogen-bond donors (Lipinski definition) is 2. The van der Waals surface area contributed by atoms with Crippen LogP contribution in [-0.2, 0) is 0 Å². The number of benzene rings is 1. The zero-order valence-corrected chi connectivity index (χ0v) is 11.3. The highest BCUT2D eigenvalue weighted by atomic mass is 35.5. The quantitative estimate of drug-likeness (QED) is 0.870. The number of hydrogen-bond acceptors (Lipinski definition) is 2. The maximum atomic E-state index is 5.82. The highest BCUT2D eigenvalue weighted by molar-refractivity contribution is 6.30. The summed E-state index contributed by atoms with van der Waals surface area (Å²) in [6.07, 6.45) is 2.39. The third kappa shape index (κ3) is 4.79. The second-order valence-corrected chi connectivity index (χ2v) is 4.11. The van der Waals surface area contributed by atoms with E-state index >= 15 is 0 Å². The van der Waals surface area contributed by atoms with Crippen LogP contribution >= 0.6 is 36.4 Å². The van der Waals surface area contributed by atoms with Crippen molar-refractivity contribution < 1.29 is 0 Å². The van der Waals surface area contributed by atoms with E-state index in [1.54, 1.807) is 0 Å². The van der Waals surface area contributed by atoms with Gasteiger partial charge in [0.25, 0.3) is 0 Å². The summed E-state index contributed by atoms with van der Waals surface area (Å²) in [6, 6.07) is 8.52. The van der Waals surface area contributed by atoms with Gasteiger partial charge in [0.05, 0.1) is 0 Å². The summed E-state index contributed by atoms with van der Waals surface area (Å²) in [5.41, 5.74) is 1.17. The number of nitrogens with one attached hydrogen (secondary N) is 2. The van der Waals surface area contributed by atoms with E-state index in [4.69, 9.17) is 11.6 Å². The van der Waals surface area contributed by atoms with Crippen LogP contribution < -0.4 is 10.6 Å². The highest BCUT2D eigenvalue weighted by Gasteiger charge is 2.11. The Hall–Kier alpha value is -0.150. The van der Waals surface area contributed by atoms with Gasteiger partial charge < -0.3 is 10.6 Å². The lowest BCUT2D eigenvalue weighted by atomic mass is 10.1. The number of anilines is 1. The Morgan fingerprint density at radius 3 is 2.19 bits per heavy atom. The monoisotopic (exact) mass is 282 g/mol. The van der Waals surface area contributed by atoms with Gasteiger partial charge >= 0.3 is 0 Å². The molecule has 0 bridgehead atoms. The van der Waals surface area contributed by atoms with Crippen LogP contribution in [0.25, 0.3) is 0 Å². The van der Waals surface area contributed by atoms with E-state index in [0.29, 0.717) is 6.04 Å². The van der Waals surface area contributed by atoms with Crippen molar-refractivity contribution in [1.82, 2.24) is 5.32 Å². The van der Waals surface area contributed by atoms with E-state index in [1.807, 2.05) is 24.3 Å². The van der Waals surface area contributed by atoms with Crippen LogP contribution in [0, 0.1) is 0 Å². The first-order valence-electron chi connectivity index (χ1n) is 5.07. The molecular weight excluding hydrogens is 266 g/mol. The van der Waals surface area contributed by atoms with Gasteiger partial charge in [0, 0.05) is 16.8 Å². The van der Waals surface area contributed by atoms with E-state index in [-0.39, 0.29) is 24.8 Å². The third-order valence-corrected chi connectivity index (χ3v) is 2.81. The SMILES string of the molecule is Cl.Cl.Clc1ccc(NC2CCNCC2)cc1. The molecule has 0 aromatic heterocycles. The topological polar surface area (TPSA) is 24.1 Å². The molecule has 1 aromatic rings. The van der Waals surface area contributed by atoms with Gasteiger partial charge in [-0.2, -0.15) is 0 Å². The van der Waals surface area contributed by atoms with Crippen molar-refractivity contribution >= 4 is 42.1 Å². The lowest BCUT2D eigenvalue weighted by Crippen LogP contribution is -2.35. The van der Waals surface area contributed by atoms with E-state index in [0.717, 1.165) is 18.1 Å². The number of piperidine rings is 1. The molecule has 2 rings (SSSR count). The normalized spacial score (nSPS) is 15.8. The Kier molecular flexibility index (Phi) is 7.94. The minimum atomic E-state index is 0. The Labute approximate surface area is 114 Å². The first-order valence-corrected chi connectivity index (χ1v) is 5.45. The van der Waals surface area contributed by atoms with Crippen molar-refractivity contribution in [2.45, 2.75) is 18.9 Å². The molecule has 0 spiro atoms. The van der Waals surface area contributed by atoms with Crippen LogP contribution in [0.1, 0.15) is 12.8 Å². The molecule has 0 unspecified atom stereocenters. The largest absolute Gasteiger partial charge is 0.382 e. The van der Waals surface area contributed by atoms with Gasteiger partial charge in [-0.05, 0) is 50.2 Å². The van der Waals surface area contributed by atoms with Crippen molar-refractivity contribution in [3.63, 3.8) is 0 Å². The fourth-order valence-corrected chi connectivity index (χ4v) is 1.87. The average Bonchev–Trinajstić information content (AvgIpc) is 2.23. The van der Waals surface area contributed by atoms with Gasteiger partial charge in [0.2, 0.25) is 0 Å². The zero-order chi connectivity index (χ0) is 9.80. The van der Waals surface area contributed by atoms with Gasteiger partial charge in [0.1, 0.15) is 0 Å². The minimum Gasteiger partial charge on any atom is -0.382 e. The highest BCUT2D eigenvalue weighted by Crippen LogP contribution is 2.16. The van der Waals surface area contributed by atoms with E-state index < -0.39 is 0 Å². The molecule has 0 atom stereocenters. The van der Waals surface area contributed by atoms with Gasteiger partial charge in [-0.1, -0.05) is 11.6 Å². The van der Waals surface area contributed by atoms with Crippen LogP contribution in [0.15, 0.2) is 24.3 Å². The Morgan fingerprint density at radius 1 is 1.06 bits per heavy atom. The molecule has 0 amide bonds. The van der Waals surface area contributed by atoms with Crippen LogP contribution in [-0.4, -0.2) is 19.1 Å². The number of rotatable bonds is 2. The van der Waals surface area contributed by atoms with Gasteiger partial charge in [-0.15, -0.1) is 24.8 Å². The molecule has 0 radical (unpaired) electrons. The van der Waals surface area contributed by atoms with E-state index in [9.17, 15) is 0 Å². The predicted octanol–water partition coefficient (Wildman–Crippen LogP) is 3.35. The van der Waals surface area contributed by atoms with Gasteiger partial charge in [-0.3, -0.25) is 0 Å². The Morgan fingerprint density at radius 2 is 1.62 bits per heavy atom. The van der Waals surface area contributed by atoms with Gasteiger partial charge in [-0.25, -0.2) is 0 Å². The molecule has 1 aliphatic heterocycles. The van der Waals surface area contributed by atoms with E-state index in [2.05, 4.69) is 10.6 Å².